The fourth-order valence-corrected chi connectivity index (χ4v) is 2.75. The number of aliphatic hydroxyl groups excluding tert-OH is 1. The highest BCUT2D eigenvalue weighted by molar-refractivity contribution is 5.92. The zero-order chi connectivity index (χ0) is 13.7. The van der Waals surface area contributed by atoms with Crippen molar-refractivity contribution >= 4 is 5.91 Å². The van der Waals surface area contributed by atoms with E-state index in [9.17, 15) is 4.79 Å². The predicted molar refractivity (Wildman–Crippen MR) is 73.0 cm³/mol. The van der Waals surface area contributed by atoms with Crippen molar-refractivity contribution in [2.75, 3.05) is 13.2 Å². The number of hydrogen-bond donors (Lipinski definition) is 2. The molecule has 106 valence electrons. The molecule has 1 unspecified atom stereocenters. The Morgan fingerprint density at radius 1 is 1.63 bits per heavy atom. The molecule has 0 bridgehead atoms. The van der Waals surface area contributed by atoms with E-state index in [0.29, 0.717) is 5.69 Å². The summed E-state index contributed by atoms with van der Waals surface area (Å²) in [5, 5.41) is 16.0. The van der Waals surface area contributed by atoms with E-state index in [1.54, 1.807) is 0 Å². The lowest BCUT2D eigenvalue weighted by Crippen LogP contribution is -2.35. The smallest absolute Gasteiger partial charge is 0.274 e. The van der Waals surface area contributed by atoms with Crippen molar-refractivity contribution in [3.63, 3.8) is 0 Å². The number of H-pyrrole nitrogens is 1. The zero-order valence-corrected chi connectivity index (χ0v) is 11.6. The first kappa shape index (κ1) is 14.1. The SMILES string of the molecule is CCCc1cc(C(=O)N2CCCC2CCCO)n[nH]1. The van der Waals surface area contributed by atoms with Gasteiger partial charge in [-0.2, -0.15) is 5.10 Å². The number of aromatic amines is 1. The minimum atomic E-state index is 0.0269. The molecule has 1 aliphatic heterocycles. The second-order valence-corrected chi connectivity index (χ2v) is 5.19. The largest absolute Gasteiger partial charge is 0.396 e. The molecule has 1 aromatic heterocycles. The molecule has 1 aliphatic rings. The van der Waals surface area contributed by atoms with Crippen LogP contribution in [0.25, 0.3) is 0 Å². The van der Waals surface area contributed by atoms with E-state index in [1.165, 1.54) is 0 Å². The van der Waals surface area contributed by atoms with Crippen molar-refractivity contribution in [2.24, 2.45) is 0 Å². The van der Waals surface area contributed by atoms with E-state index in [0.717, 1.165) is 50.8 Å². The van der Waals surface area contributed by atoms with Crippen LogP contribution >= 0.6 is 0 Å². The molecule has 2 N–H and O–H groups in total. The number of nitrogens with one attached hydrogen (secondary N) is 1. The molecule has 0 radical (unpaired) electrons. The van der Waals surface area contributed by atoms with Crippen LogP contribution in [0.4, 0.5) is 0 Å². The normalized spacial score (nSPS) is 19.1. The number of carbonyl (C=O) groups is 1. The molecule has 5 heteroatoms. The van der Waals surface area contributed by atoms with Gasteiger partial charge in [0.15, 0.2) is 0 Å². The summed E-state index contributed by atoms with van der Waals surface area (Å²) in [7, 11) is 0. The Balaban J connectivity index is 2.00. The highest BCUT2D eigenvalue weighted by atomic mass is 16.3. The molecule has 2 rings (SSSR count). The zero-order valence-electron chi connectivity index (χ0n) is 11.6. The van der Waals surface area contributed by atoms with Crippen molar-refractivity contribution in [3.8, 4) is 0 Å². The molecular weight excluding hydrogens is 242 g/mol. The Kier molecular flexibility index (Phi) is 4.96. The fourth-order valence-electron chi connectivity index (χ4n) is 2.75. The van der Waals surface area contributed by atoms with Gasteiger partial charge >= 0.3 is 0 Å². The Morgan fingerprint density at radius 3 is 3.21 bits per heavy atom. The molecule has 0 aliphatic carbocycles. The van der Waals surface area contributed by atoms with Gasteiger partial charge in [0.1, 0.15) is 5.69 Å². The second-order valence-electron chi connectivity index (χ2n) is 5.19. The first-order valence-electron chi connectivity index (χ1n) is 7.22. The summed E-state index contributed by atoms with van der Waals surface area (Å²) in [5.74, 6) is 0.0269. The fraction of sp³-hybridized carbons (Fsp3) is 0.714. The average molecular weight is 265 g/mol. The third-order valence-corrected chi connectivity index (χ3v) is 3.70. The number of amides is 1. The predicted octanol–water partition coefficient (Wildman–Crippen LogP) is 1.74. The maximum Gasteiger partial charge on any atom is 0.274 e. The first-order chi connectivity index (χ1) is 9.26. The van der Waals surface area contributed by atoms with Crippen molar-refractivity contribution in [1.29, 1.82) is 0 Å². The number of aliphatic hydroxyl groups is 1. The van der Waals surface area contributed by atoms with E-state index in [1.807, 2.05) is 11.0 Å². The topological polar surface area (TPSA) is 69.2 Å². The molecule has 0 saturated carbocycles. The van der Waals surface area contributed by atoms with Gasteiger partial charge in [-0.15, -0.1) is 0 Å². The summed E-state index contributed by atoms with van der Waals surface area (Å²) in [4.78, 5) is 14.3. The van der Waals surface area contributed by atoms with Crippen LogP contribution in [0.5, 0.6) is 0 Å². The monoisotopic (exact) mass is 265 g/mol. The quantitative estimate of drug-likeness (QED) is 0.823. The van der Waals surface area contributed by atoms with Gasteiger partial charge in [-0.05, 0) is 38.2 Å². The van der Waals surface area contributed by atoms with Crippen LogP contribution in [0.1, 0.15) is 55.2 Å². The van der Waals surface area contributed by atoms with Gasteiger partial charge in [0, 0.05) is 24.9 Å². The Hall–Kier alpha value is -1.36. The summed E-state index contributed by atoms with van der Waals surface area (Å²) in [6, 6.07) is 2.14. The van der Waals surface area contributed by atoms with E-state index >= 15 is 0 Å². The van der Waals surface area contributed by atoms with Gasteiger partial charge in [0.2, 0.25) is 0 Å². The summed E-state index contributed by atoms with van der Waals surface area (Å²) >= 11 is 0. The van der Waals surface area contributed by atoms with Gasteiger partial charge < -0.3 is 10.0 Å². The minimum Gasteiger partial charge on any atom is -0.396 e. The Labute approximate surface area is 114 Å². The molecular formula is C14H23N3O2. The minimum absolute atomic E-state index is 0.0269. The van der Waals surface area contributed by atoms with E-state index < -0.39 is 0 Å². The summed E-state index contributed by atoms with van der Waals surface area (Å²) in [6.45, 7) is 3.11. The van der Waals surface area contributed by atoms with Crippen molar-refractivity contribution < 1.29 is 9.90 Å². The number of aryl methyl sites for hydroxylation is 1. The van der Waals surface area contributed by atoms with Crippen molar-refractivity contribution in [2.45, 2.75) is 51.5 Å². The van der Waals surface area contributed by atoms with E-state index in [-0.39, 0.29) is 18.6 Å². The van der Waals surface area contributed by atoms with Crippen LogP contribution in [0, 0.1) is 0 Å². The van der Waals surface area contributed by atoms with Crippen molar-refractivity contribution in [1.82, 2.24) is 15.1 Å². The van der Waals surface area contributed by atoms with Crippen LogP contribution < -0.4 is 0 Å². The van der Waals surface area contributed by atoms with E-state index in [4.69, 9.17) is 5.11 Å². The molecule has 0 spiro atoms. The lowest BCUT2D eigenvalue weighted by Gasteiger charge is -2.23. The number of carbonyl (C=O) groups excluding carboxylic acids is 1. The molecule has 5 nitrogen and oxygen atoms in total. The van der Waals surface area contributed by atoms with Crippen LogP contribution in [0.2, 0.25) is 0 Å². The Morgan fingerprint density at radius 2 is 2.47 bits per heavy atom. The summed E-state index contributed by atoms with van der Waals surface area (Å²) < 4.78 is 0. The molecule has 2 heterocycles. The van der Waals surface area contributed by atoms with Crippen LogP contribution in [0.3, 0.4) is 0 Å². The highest BCUT2D eigenvalue weighted by Crippen LogP contribution is 2.23. The van der Waals surface area contributed by atoms with Crippen LogP contribution in [-0.4, -0.2) is 45.3 Å². The first-order valence-corrected chi connectivity index (χ1v) is 7.22. The molecule has 0 aromatic carbocycles. The second kappa shape index (κ2) is 6.70. The number of aromatic nitrogens is 2. The number of likely N-dealkylation sites (tertiary alicyclic amines) is 1. The third-order valence-electron chi connectivity index (χ3n) is 3.70. The molecule has 1 aromatic rings. The third kappa shape index (κ3) is 3.35. The lowest BCUT2D eigenvalue weighted by molar-refractivity contribution is 0.0718. The average Bonchev–Trinajstić information content (AvgIpc) is 3.04. The number of rotatable bonds is 6. The molecule has 1 amide bonds. The van der Waals surface area contributed by atoms with Gasteiger partial charge in [0.05, 0.1) is 0 Å². The molecule has 1 fully saturated rings. The van der Waals surface area contributed by atoms with Gasteiger partial charge in [-0.1, -0.05) is 13.3 Å². The summed E-state index contributed by atoms with van der Waals surface area (Å²) in [6.07, 6.45) is 5.70. The van der Waals surface area contributed by atoms with Gasteiger partial charge in [0.25, 0.3) is 5.91 Å². The number of nitrogens with zero attached hydrogens (tertiary/aromatic N) is 2. The van der Waals surface area contributed by atoms with Gasteiger partial charge in [-0.25, -0.2) is 0 Å². The van der Waals surface area contributed by atoms with E-state index in [2.05, 4.69) is 17.1 Å². The summed E-state index contributed by atoms with van der Waals surface area (Å²) in [5.41, 5.74) is 1.55. The lowest BCUT2D eigenvalue weighted by atomic mass is 10.1. The number of hydrogen-bond acceptors (Lipinski definition) is 3. The molecule has 1 saturated heterocycles. The maximum atomic E-state index is 12.4. The highest BCUT2D eigenvalue weighted by Gasteiger charge is 2.30. The Bertz CT molecular complexity index is 417. The van der Waals surface area contributed by atoms with Crippen LogP contribution in [-0.2, 0) is 6.42 Å². The standard InChI is InChI=1S/C14H23N3O2/c1-2-5-11-10-13(16-15-11)14(19)17-8-3-6-12(17)7-4-9-18/h10,12,18H,2-9H2,1H3,(H,15,16). The molecule has 1 atom stereocenters. The van der Waals surface area contributed by atoms with Gasteiger partial charge in [-0.3, -0.25) is 9.89 Å². The molecule has 19 heavy (non-hydrogen) atoms. The maximum absolute atomic E-state index is 12.4. The van der Waals surface area contributed by atoms with Crippen molar-refractivity contribution in [3.05, 3.63) is 17.5 Å². The van der Waals surface area contributed by atoms with Crippen LogP contribution in [0.15, 0.2) is 6.07 Å².